The lowest BCUT2D eigenvalue weighted by molar-refractivity contribution is 0.629. The standard InChI is InChI=1S/C16H23N3/c1-5-17-16(15-10-18-19(4)11-15)14-8-6-13(7-9-14)12(2)3/h6-12,16-17H,5H2,1-4H3. The van der Waals surface area contributed by atoms with Gasteiger partial charge in [-0.3, -0.25) is 4.68 Å². The first-order chi connectivity index (χ1) is 9.11. The maximum Gasteiger partial charge on any atom is 0.0607 e. The largest absolute Gasteiger partial charge is 0.306 e. The minimum atomic E-state index is 0.222. The van der Waals surface area contributed by atoms with Gasteiger partial charge in [-0.05, 0) is 23.6 Å². The van der Waals surface area contributed by atoms with Gasteiger partial charge in [0, 0.05) is 18.8 Å². The molecule has 102 valence electrons. The second kappa shape index (κ2) is 6.02. The number of aromatic nitrogens is 2. The van der Waals surface area contributed by atoms with Crippen LogP contribution in [0.2, 0.25) is 0 Å². The monoisotopic (exact) mass is 257 g/mol. The summed E-state index contributed by atoms with van der Waals surface area (Å²) >= 11 is 0. The lowest BCUT2D eigenvalue weighted by Gasteiger charge is -2.17. The summed E-state index contributed by atoms with van der Waals surface area (Å²) in [6, 6.07) is 9.10. The summed E-state index contributed by atoms with van der Waals surface area (Å²) in [6.07, 6.45) is 4.01. The fourth-order valence-corrected chi connectivity index (χ4v) is 2.29. The molecule has 0 aliphatic rings. The molecule has 1 unspecified atom stereocenters. The van der Waals surface area contributed by atoms with Crippen LogP contribution >= 0.6 is 0 Å². The number of aryl methyl sites for hydroxylation is 1. The van der Waals surface area contributed by atoms with Crippen LogP contribution in [0.4, 0.5) is 0 Å². The van der Waals surface area contributed by atoms with E-state index >= 15 is 0 Å². The van der Waals surface area contributed by atoms with Gasteiger partial charge >= 0.3 is 0 Å². The van der Waals surface area contributed by atoms with Crippen molar-refractivity contribution in [1.29, 1.82) is 0 Å². The van der Waals surface area contributed by atoms with Crippen molar-refractivity contribution in [2.45, 2.75) is 32.7 Å². The van der Waals surface area contributed by atoms with E-state index in [2.05, 4.69) is 61.6 Å². The summed E-state index contributed by atoms with van der Waals surface area (Å²) in [6.45, 7) is 7.51. The smallest absolute Gasteiger partial charge is 0.0607 e. The molecule has 0 aliphatic heterocycles. The van der Waals surface area contributed by atoms with Gasteiger partial charge in [0.25, 0.3) is 0 Å². The Labute approximate surface area is 115 Å². The fourth-order valence-electron chi connectivity index (χ4n) is 2.29. The van der Waals surface area contributed by atoms with E-state index in [0.717, 1.165) is 6.54 Å². The summed E-state index contributed by atoms with van der Waals surface area (Å²) in [7, 11) is 1.95. The molecule has 0 fully saturated rings. The Morgan fingerprint density at radius 3 is 2.21 bits per heavy atom. The zero-order chi connectivity index (χ0) is 13.8. The number of benzene rings is 1. The Balaban J connectivity index is 2.28. The molecule has 3 nitrogen and oxygen atoms in total. The fraction of sp³-hybridized carbons (Fsp3) is 0.438. The van der Waals surface area contributed by atoms with Crippen molar-refractivity contribution < 1.29 is 0 Å². The zero-order valence-corrected chi connectivity index (χ0v) is 12.2. The minimum absolute atomic E-state index is 0.222. The van der Waals surface area contributed by atoms with E-state index in [-0.39, 0.29) is 6.04 Å². The quantitative estimate of drug-likeness (QED) is 0.891. The molecule has 1 heterocycles. The molecule has 1 atom stereocenters. The average Bonchev–Trinajstić information content (AvgIpc) is 2.82. The van der Waals surface area contributed by atoms with E-state index in [0.29, 0.717) is 5.92 Å². The molecule has 0 spiro atoms. The number of nitrogens with one attached hydrogen (secondary N) is 1. The molecule has 19 heavy (non-hydrogen) atoms. The predicted molar refractivity (Wildman–Crippen MR) is 79.3 cm³/mol. The van der Waals surface area contributed by atoms with Gasteiger partial charge < -0.3 is 5.32 Å². The SMILES string of the molecule is CCNC(c1ccc(C(C)C)cc1)c1cnn(C)c1. The Morgan fingerprint density at radius 2 is 1.74 bits per heavy atom. The Morgan fingerprint density at radius 1 is 1.11 bits per heavy atom. The zero-order valence-electron chi connectivity index (χ0n) is 12.2. The van der Waals surface area contributed by atoms with Gasteiger partial charge in [0.05, 0.1) is 12.2 Å². The lowest BCUT2D eigenvalue weighted by atomic mass is 9.97. The summed E-state index contributed by atoms with van der Waals surface area (Å²) in [5.41, 5.74) is 3.88. The first kappa shape index (κ1) is 13.8. The topological polar surface area (TPSA) is 29.9 Å². The van der Waals surface area contributed by atoms with Gasteiger partial charge in [-0.1, -0.05) is 45.0 Å². The number of rotatable bonds is 5. The number of hydrogen-bond donors (Lipinski definition) is 1. The molecule has 1 aromatic carbocycles. The maximum atomic E-state index is 4.27. The van der Waals surface area contributed by atoms with E-state index in [9.17, 15) is 0 Å². The third-order valence-corrected chi connectivity index (χ3v) is 3.40. The molecule has 2 rings (SSSR count). The number of nitrogens with zero attached hydrogens (tertiary/aromatic N) is 2. The van der Waals surface area contributed by atoms with Crippen LogP contribution in [0, 0.1) is 0 Å². The second-order valence-corrected chi connectivity index (χ2v) is 5.26. The van der Waals surface area contributed by atoms with Crippen LogP contribution in [0.5, 0.6) is 0 Å². The minimum Gasteiger partial charge on any atom is -0.306 e. The average molecular weight is 257 g/mol. The Bertz CT molecular complexity index is 511. The van der Waals surface area contributed by atoms with Crippen molar-refractivity contribution >= 4 is 0 Å². The Hall–Kier alpha value is -1.61. The Kier molecular flexibility index (Phi) is 4.38. The maximum absolute atomic E-state index is 4.27. The van der Waals surface area contributed by atoms with E-state index in [1.807, 2.05) is 17.9 Å². The molecule has 0 bridgehead atoms. The molecule has 0 saturated heterocycles. The number of hydrogen-bond acceptors (Lipinski definition) is 2. The molecule has 1 aromatic heterocycles. The normalized spacial score (nSPS) is 12.9. The van der Waals surface area contributed by atoms with Crippen LogP contribution in [0.15, 0.2) is 36.7 Å². The van der Waals surface area contributed by atoms with Crippen molar-refractivity contribution in [2.75, 3.05) is 6.54 Å². The summed E-state index contributed by atoms with van der Waals surface area (Å²) in [5, 5.41) is 7.79. The highest BCUT2D eigenvalue weighted by molar-refractivity contribution is 5.32. The van der Waals surface area contributed by atoms with Crippen molar-refractivity contribution in [2.24, 2.45) is 7.05 Å². The molecule has 3 heteroatoms. The van der Waals surface area contributed by atoms with Crippen molar-refractivity contribution in [1.82, 2.24) is 15.1 Å². The van der Waals surface area contributed by atoms with Crippen LogP contribution in [-0.2, 0) is 7.05 Å². The van der Waals surface area contributed by atoms with E-state index in [1.54, 1.807) is 0 Å². The molecule has 0 radical (unpaired) electrons. The molecule has 0 amide bonds. The van der Waals surface area contributed by atoms with Gasteiger partial charge in [-0.2, -0.15) is 5.10 Å². The molecule has 2 aromatic rings. The third-order valence-electron chi connectivity index (χ3n) is 3.40. The summed E-state index contributed by atoms with van der Waals surface area (Å²) in [5.74, 6) is 0.574. The van der Waals surface area contributed by atoms with Crippen molar-refractivity contribution in [3.63, 3.8) is 0 Å². The molecular weight excluding hydrogens is 234 g/mol. The lowest BCUT2D eigenvalue weighted by Crippen LogP contribution is -2.21. The predicted octanol–water partition coefficient (Wildman–Crippen LogP) is 3.24. The van der Waals surface area contributed by atoms with E-state index < -0.39 is 0 Å². The first-order valence-electron chi connectivity index (χ1n) is 6.93. The summed E-state index contributed by atoms with van der Waals surface area (Å²) < 4.78 is 1.85. The van der Waals surface area contributed by atoms with E-state index in [1.165, 1.54) is 16.7 Å². The first-order valence-corrected chi connectivity index (χ1v) is 6.93. The van der Waals surface area contributed by atoms with Gasteiger partial charge in [-0.25, -0.2) is 0 Å². The van der Waals surface area contributed by atoms with Crippen molar-refractivity contribution in [3.8, 4) is 0 Å². The van der Waals surface area contributed by atoms with Gasteiger partial charge in [0.15, 0.2) is 0 Å². The summed E-state index contributed by atoms with van der Waals surface area (Å²) in [4.78, 5) is 0. The highest BCUT2D eigenvalue weighted by Crippen LogP contribution is 2.23. The van der Waals surface area contributed by atoms with Crippen LogP contribution < -0.4 is 5.32 Å². The van der Waals surface area contributed by atoms with Crippen LogP contribution in [-0.4, -0.2) is 16.3 Å². The molecule has 0 aliphatic carbocycles. The second-order valence-electron chi connectivity index (χ2n) is 5.26. The third kappa shape index (κ3) is 3.24. The van der Waals surface area contributed by atoms with Crippen molar-refractivity contribution in [3.05, 3.63) is 53.3 Å². The van der Waals surface area contributed by atoms with Crippen LogP contribution in [0.25, 0.3) is 0 Å². The van der Waals surface area contributed by atoms with Crippen LogP contribution in [0.3, 0.4) is 0 Å². The van der Waals surface area contributed by atoms with Gasteiger partial charge in [0.1, 0.15) is 0 Å². The molecule has 0 saturated carbocycles. The highest BCUT2D eigenvalue weighted by Gasteiger charge is 2.14. The van der Waals surface area contributed by atoms with Crippen LogP contribution in [0.1, 0.15) is 49.4 Å². The molecular formula is C16H23N3. The van der Waals surface area contributed by atoms with Gasteiger partial charge in [0.2, 0.25) is 0 Å². The van der Waals surface area contributed by atoms with E-state index in [4.69, 9.17) is 0 Å². The van der Waals surface area contributed by atoms with Gasteiger partial charge in [-0.15, -0.1) is 0 Å². The molecule has 1 N–H and O–H groups in total. The highest BCUT2D eigenvalue weighted by atomic mass is 15.2.